The van der Waals surface area contributed by atoms with E-state index in [4.69, 9.17) is 0 Å². The highest BCUT2D eigenvalue weighted by Crippen LogP contribution is 2.21. The van der Waals surface area contributed by atoms with Crippen LogP contribution in [0, 0.1) is 0 Å². The molecule has 1 aromatic heterocycles. The van der Waals surface area contributed by atoms with Crippen molar-refractivity contribution in [3.63, 3.8) is 0 Å². The van der Waals surface area contributed by atoms with Gasteiger partial charge in [0.2, 0.25) is 0 Å². The quantitative estimate of drug-likeness (QED) is 0.745. The summed E-state index contributed by atoms with van der Waals surface area (Å²) in [6.45, 7) is 3.21. The Kier molecular flexibility index (Phi) is 2.82. The van der Waals surface area contributed by atoms with E-state index in [0.717, 1.165) is 26.1 Å². The molecule has 0 unspecified atom stereocenters. The second kappa shape index (κ2) is 4.80. The second-order valence-electron chi connectivity index (χ2n) is 5.61. The van der Waals surface area contributed by atoms with Crippen molar-refractivity contribution in [3.8, 4) is 0 Å². The number of nitrogens with zero attached hydrogens (tertiary/aromatic N) is 1. The minimum Gasteiger partial charge on any atom is -0.357 e. The number of rotatable bonds is 2. The molecule has 0 saturated heterocycles. The summed E-state index contributed by atoms with van der Waals surface area (Å²) in [7, 11) is 0. The Bertz CT molecular complexity index is 709. The molecule has 0 atom stereocenters. The van der Waals surface area contributed by atoms with Crippen molar-refractivity contribution in [3.05, 3.63) is 71.4 Å². The van der Waals surface area contributed by atoms with Gasteiger partial charge < -0.3 is 4.98 Å². The molecule has 2 heteroatoms. The van der Waals surface area contributed by atoms with Gasteiger partial charge in [-0.1, -0.05) is 42.5 Å². The summed E-state index contributed by atoms with van der Waals surface area (Å²) < 4.78 is 0. The van der Waals surface area contributed by atoms with Crippen molar-refractivity contribution in [2.45, 2.75) is 19.5 Å². The monoisotopic (exact) mass is 262 g/mol. The maximum atomic E-state index is 3.53. The molecular weight excluding hydrogens is 244 g/mol. The molecule has 0 bridgehead atoms. The molecule has 2 aromatic carbocycles. The topological polar surface area (TPSA) is 19.0 Å². The zero-order valence-corrected chi connectivity index (χ0v) is 11.5. The standard InChI is InChI=1S/C18H18N2/c1-2-7-16-12-20(10-9-14(16)5-1)13-17-11-15-6-3-4-8-18(15)19-17/h1-8,11,19H,9-10,12-13H2. The van der Waals surface area contributed by atoms with Crippen LogP contribution in [0.3, 0.4) is 0 Å². The minimum atomic E-state index is 1.00. The van der Waals surface area contributed by atoms with E-state index in [1.807, 2.05) is 0 Å². The van der Waals surface area contributed by atoms with Gasteiger partial charge >= 0.3 is 0 Å². The predicted molar refractivity (Wildman–Crippen MR) is 82.6 cm³/mol. The third kappa shape index (κ3) is 2.12. The number of nitrogens with one attached hydrogen (secondary N) is 1. The summed E-state index contributed by atoms with van der Waals surface area (Å²) in [5.74, 6) is 0. The van der Waals surface area contributed by atoms with E-state index in [0.29, 0.717) is 0 Å². The van der Waals surface area contributed by atoms with Gasteiger partial charge in [0, 0.05) is 30.8 Å². The van der Waals surface area contributed by atoms with Gasteiger partial charge in [-0.2, -0.15) is 0 Å². The molecule has 0 fully saturated rings. The van der Waals surface area contributed by atoms with Crippen molar-refractivity contribution in [2.75, 3.05) is 6.54 Å². The van der Waals surface area contributed by atoms with Crippen molar-refractivity contribution >= 4 is 10.9 Å². The Morgan fingerprint density at radius 1 is 0.950 bits per heavy atom. The summed E-state index contributed by atoms with van der Waals surface area (Å²) in [5.41, 5.74) is 5.54. The molecule has 1 aliphatic heterocycles. The van der Waals surface area contributed by atoms with Crippen LogP contribution in [0.15, 0.2) is 54.6 Å². The highest BCUT2D eigenvalue weighted by Gasteiger charge is 2.16. The van der Waals surface area contributed by atoms with Crippen LogP contribution in [-0.2, 0) is 19.5 Å². The van der Waals surface area contributed by atoms with E-state index in [9.17, 15) is 0 Å². The maximum Gasteiger partial charge on any atom is 0.0456 e. The highest BCUT2D eigenvalue weighted by atomic mass is 15.1. The van der Waals surface area contributed by atoms with Gasteiger partial charge in [0.05, 0.1) is 0 Å². The number of benzene rings is 2. The van der Waals surface area contributed by atoms with Crippen molar-refractivity contribution in [1.82, 2.24) is 9.88 Å². The second-order valence-corrected chi connectivity index (χ2v) is 5.61. The number of hydrogen-bond acceptors (Lipinski definition) is 1. The van der Waals surface area contributed by atoms with E-state index in [-0.39, 0.29) is 0 Å². The SMILES string of the molecule is c1ccc2c(c1)CCN(Cc1cc3ccccc3[nH]1)C2. The van der Waals surface area contributed by atoms with E-state index < -0.39 is 0 Å². The summed E-state index contributed by atoms with van der Waals surface area (Å²) in [6.07, 6.45) is 1.16. The molecule has 100 valence electrons. The Hall–Kier alpha value is -2.06. The Morgan fingerprint density at radius 2 is 1.75 bits per heavy atom. The molecule has 2 nitrogen and oxygen atoms in total. The molecule has 0 radical (unpaired) electrons. The highest BCUT2D eigenvalue weighted by molar-refractivity contribution is 5.80. The third-order valence-corrected chi connectivity index (χ3v) is 4.19. The Morgan fingerprint density at radius 3 is 2.65 bits per heavy atom. The van der Waals surface area contributed by atoms with Crippen molar-refractivity contribution in [2.24, 2.45) is 0 Å². The van der Waals surface area contributed by atoms with Crippen LogP contribution in [0.4, 0.5) is 0 Å². The van der Waals surface area contributed by atoms with Crippen LogP contribution in [0.5, 0.6) is 0 Å². The molecule has 4 rings (SSSR count). The zero-order valence-electron chi connectivity index (χ0n) is 11.5. The Labute approximate surface area is 119 Å². The first-order valence-corrected chi connectivity index (χ1v) is 7.24. The van der Waals surface area contributed by atoms with E-state index >= 15 is 0 Å². The van der Waals surface area contributed by atoms with Crippen LogP contribution in [0.2, 0.25) is 0 Å². The normalized spacial score (nSPS) is 15.4. The van der Waals surface area contributed by atoms with E-state index in [2.05, 4.69) is 64.5 Å². The van der Waals surface area contributed by atoms with Gasteiger partial charge in [-0.3, -0.25) is 4.90 Å². The van der Waals surface area contributed by atoms with Gasteiger partial charge in [-0.15, -0.1) is 0 Å². The average molecular weight is 262 g/mol. The molecule has 1 N–H and O–H groups in total. The summed E-state index contributed by atoms with van der Waals surface area (Å²) >= 11 is 0. The molecular formula is C18H18N2. The third-order valence-electron chi connectivity index (χ3n) is 4.19. The number of fused-ring (bicyclic) bond motifs is 2. The number of aromatic amines is 1. The smallest absolute Gasteiger partial charge is 0.0456 e. The molecule has 0 aliphatic carbocycles. The van der Waals surface area contributed by atoms with E-state index in [1.54, 1.807) is 0 Å². The van der Waals surface area contributed by atoms with Crippen molar-refractivity contribution in [1.29, 1.82) is 0 Å². The van der Waals surface area contributed by atoms with E-state index in [1.165, 1.54) is 27.7 Å². The number of para-hydroxylation sites is 1. The van der Waals surface area contributed by atoms with Crippen LogP contribution in [0.25, 0.3) is 10.9 Å². The largest absolute Gasteiger partial charge is 0.357 e. The first-order chi connectivity index (χ1) is 9.88. The number of H-pyrrole nitrogens is 1. The average Bonchev–Trinajstić information content (AvgIpc) is 2.89. The lowest BCUT2D eigenvalue weighted by molar-refractivity contribution is 0.243. The molecule has 0 spiro atoms. The zero-order chi connectivity index (χ0) is 13.4. The lowest BCUT2D eigenvalue weighted by Gasteiger charge is -2.28. The fourth-order valence-electron chi connectivity index (χ4n) is 3.15. The summed E-state index contributed by atoms with van der Waals surface area (Å²) in [5, 5.41) is 1.31. The van der Waals surface area contributed by atoms with Gasteiger partial charge in [-0.05, 0) is 35.1 Å². The van der Waals surface area contributed by atoms with Crippen LogP contribution < -0.4 is 0 Å². The van der Waals surface area contributed by atoms with Crippen LogP contribution in [0.1, 0.15) is 16.8 Å². The first kappa shape index (κ1) is 11.7. The number of aromatic nitrogens is 1. The predicted octanol–water partition coefficient (Wildman–Crippen LogP) is 3.73. The number of hydrogen-bond donors (Lipinski definition) is 1. The van der Waals surface area contributed by atoms with Gasteiger partial charge in [0.15, 0.2) is 0 Å². The minimum absolute atomic E-state index is 1.00. The maximum absolute atomic E-state index is 3.53. The molecule has 1 aliphatic rings. The molecule has 0 saturated carbocycles. The van der Waals surface area contributed by atoms with Crippen molar-refractivity contribution < 1.29 is 0 Å². The van der Waals surface area contributed by atoms with Gasteiger partial charge in [0.1, 0.15) is 0 Å². The van der Waals surface area contributed by atoms with Crippen LogP contribution >= 0.6 is 0 Å². The summed E-state index contributed by atoms with van der Waals surface area (Å²) in [6, 6.07) is 19.6. The molecule has 3 aromatic rings. The fourth-order valence-corrected chi connectivity index (χ4v) is 3.15. The summed E-state index contributed by atoms with van der Waals surface area (Å²) in [4.78, 5) is 6.05. The molecule has 20 heavy (non-hydrogen) atoms. The first-order valence-electron chi connectivity index (χ1n) is 7.24. The fraction of sp³-hybridized carbons (Fsp3) is 0.222. The Balaban J connectivity index is 1.55. The lowest BCUT2D eigenvalue weighted by atomic mass is 10.00. The van der Waals surface area contributed by atoms with Crippen LogP contribution in [-0.4, -0.2) is 16.4 Å². The lowest BCUT2D eigenvalue weighted by Crippen LogP contribution is -2.30. The van der Waals surface area contributed by atoms with Gasteiger partial charge in [0.25, 0.3) is 0 Å². The molecule has 2 heterocycles. The molecule has 0 amide bonds. The van der Waals surface area contributed by atoms with Gasteiger partial charge in [-0.25, -0.2) is 0 Å².